The fraction of sp³-hybridized carbons (Fsp3) is 1.00. The van der Waals surface area contributed by atoms with Gasteiger partial charge < -0.3 is 15.0 Å². The van der Waals surface area contributed by atoms with Crippen LogP contribution < -0.4 is 5.32 Å². The van der Waals surface area contributed by atoms with Gasteiger partial charge in [0.25, 0.3) is 0 Å². The lowest BCUT2D eigenvalue weighted by atomic mass is 9.69. The molecule has 0 bridgehead atoms. The van der Waals surface area contributed by atoms with Crippen LogP contribution in [0.1, 0.15) is 52.4 Å². The third-order valence-corrected chi connectivity index (χ3v) is 5.60. The van der Waals surface area contributed by atoms with Gasteiger partial charge in [0, 0.05) is 26.8 Å². The number of methoxy groups -OCH3 is 1. The van der Waals surface area contributed by atoms with Crippen molar-refractivity contribution in [2.45, 2.75) is 52.4 Å². The highest BCUT2D eigenvalue weighted by Gasteiger charge is 2.36. The molecule has 2 fully saturated rings. The molecule has 0 aromatic rings. The Labute approximate surface area is 131 Å². The maximum absolute atomic E-state index is 5.32. The lowest BCUT2D eigenvalue weighted by molar-refractivity contribution is 0.0465. The second-order valence-electron chi connectivity index (χ2n) is 7.66. The first kappa shape index (κ1) is 17.2. The molecule has 2 aliphatic rings. The molecule has 0 radical (unpaired) electrons. The molecule has 124 valence electrons. The summed E-state index contributed by atoms with van der Waals surface area (Å²) < 4.78 is 5.32. The highest BCUT2D eigenvalue weighted by Crippen LogP contribution is 2.40. The Balaban J connectivity index is 1.87. The van der Waals surface area contributed by atoms with E-state index in [-0.39, 0.29) is 0 Å². The van der Waals surface area contributed by atoms with Crippen molar-refractivity contribution in [2.75, 3.05) is 46.4 Å². The van der Waals surface area contributed by atoms with Crippen molar-refractivity contribution in [2.24, 2.45) is 17.3 Å². The van der Waals surface area contributed by atoms with Gasteiger partial charge in [-0.15, -0.1) is 0 Å². The molecule has 0 aromatic heterocycles. The summed E-state index contributed by atoms with van der Waals surface area (Å²) in [6.45, 7) is 11.8. The Kier molecular flexibility index (Phi) is 6.97. The van der Waals surface area contributed by atoms with Crippen LogP contribution in [0.2, 0.25) is 0 Å². The van der Waals surface area contributed by atoms with Crippen LogP contribution in [0.4, 0.5) is 0 Å². The first-order valence-electron chi connectivity index (χ1n) is 9.09. The van der Waals surface area contributed by atoms with E-state index in [1.54, 1.807) is 0 Å². The molecule has 2 atom stereocenters. The summed E-state index contributed by atoms with van der Waals surface area (Å²) in [6.07, 6.45) is 8.33. The lowest BCUT2D eigenvalue weighted by Crippen LogP contribution is -2.48. The summed E-state index contributed by atoms with van der Waals surface area (Å²) in [6, 6.07) is 0. The number of ether oxygens (including phenoxy) is 1. The molecule has 1 aliphatic carbocycles. The van der Waals surface area contributed by atoms with Crippen LogP contribution in [0.25, 0.3) is 0 Å². The third-order valence-electron chi connectivity index (χ3n) is 5.60. The Morgan fingerprint density at radius 1 is 1.24 bits per heavy atom. The van der Waals surface area contributed by atoms with Crippen LogP contribution in [0, 0.1) is 17.3 Å². The topological polar surface area (TPSA) is 24.5 Å². The Hall–Kier alpha value is -0.120. The van der Waals surface area contributed by atoms with Crippen LogP contribution in [0.5, 0.6) is 0 Å². The summed E-state index contributed by atoms with van der Waals surface area (Å²) >= 11 is 0. The molecule has 1 heterocycles. The number of nitrogens with one attached hydrogen (secondary N) is 1. The summed E-state index contributed by atoms with van der Waals surface area (Å²) in [5, 5.41) is 3.65. The smallest absolute Gasteiger partial charge is 0.0491 e. The van der Waals surface area contributed by atoms with E-state index in [9.17, 15) is 0 Å². The van der Waals surface area contributed by atoms with Gasteiger partial charge in [0.05, 0.1) is 0 Å². The zero-order valence-electron chi connectivity index (χ0n) is 14.5. The monoisotopic (exact) mass is 296 g/mol. The maximum Gasteiger partial charge on any atom is 0.0491 e. The molecule has 21 heavy (non-hydrogen) atoms. The molecular formula is C18H36N2O. The molecule has 0 aromatic carbocycles. The fourth-order valence-electron chi connectivity index (χ4n) is 4.54. The summed E-state index contributed by atoms with van der Waals surface area (Å²) in [5.74, 6) is 1.70. The summed E-state index contributed by atoms with van der Waals surface area (Å²) in [5.41, 5.74) is 0.530. The third kappa shape index (κ3) is 5.22. The van der Waals surface area contributed by atoms with Gasteiger partial charge in [0.1, 0.15) is 0 Å². The van der Waals surface area contributed by atoms with Gasteiger partial charge in [0.15, 0.2) is 0 Å². The predicted octanol–water partition coefficient (Wildman–Crippen LogP) is 3.15. The van der Waals surface area contributed by atoms with Crippen LogP contribution in [-0.2, 0) is 4.74 Å². The van der Waals surface area contributed by atoms with Crippen LogP contribution in [0.15, 0.2) is 0 Å². The molecule has 0 spiro atoms. The van der Waals surface area contributed by atoms with E-state index in [2.05, 4.69) is 24.1 Å². The molecule has 2 rings (SSSR count). The average molecular weight is 296 g/mol. The van der Waals surface area contributed by atoms with Gasteiger partial charge in [-0.2, -0.15) is 0 Å². The second kappa shape index (κ2) is 8.50. The maximum atomic E-state index is 5.32. The Morgan fingerprint density at radius 3 is 2.62 bits per heavy atom. The van der Waals surface area contributed by atoms with Gasteiger partial charge >= 0.3 is 0 Å². The molecule has 0 amide bonds. The predicted molar refractivity (Wildman–Crippen MR) is 89.6 cm³/mol. The van der Waals surface area contributed by atoms with E-state index in [1.807, 2.05) is 7.11 Å². The SMILES string of the molecule is CCNCC1(CN2CCC(COC)CC2)CCCC(C)C1. The van der Waals surface area contributed by atoms with E-state index in [4.69, 9.17) is 4.74 Å². The molecule has 1 aliphatic heterocycles. The standard InChI is InChI=1S/C18H36N2O/c1-4-19-14-18(9-5-6-16(2)12-18)15-20-10-7-17(8-11-20)13-21-3/h16-17,19H,4-15H2,1-3H3. The van der Waals surface area contributed by atoms with E-state index in [0.717, 1.165) is 25.0 Å². The first-order chi connectivity index (χ1) is 10.2. The van der Waals surface area contributed by atoms with Crippen molar-refractivity contribution in [1.82, 2.24) is 10.2 Å². The molecule has 1 saturated carbocycles. The van der Waals surface area contributed by atoms with Crippen molar-refractivity contribution in [3.8, 4) is 0 Å². The van der Waals surface area contributed by atoms with Crippen molar-refractivity contribution in [1.29, 1.82) is 0 Å². The van der Waals surface area contributed by atoms with Gasteiger partial charge in [-0.3, -0.25) is 0 Å². The molecule has 2 unspecified atom stereocenters. The summed E-state index contributed by atoms with van der Waals surface area (Å²) in [4.78, 5) is 2.74. The minimum atomic E-state index is 0.530. The molecule has 1 N–H and O–H groups in total. The van der Waals surface area contributed by atoms with Gasteiger partial charge in [-0.05, 0) is 62.6 Å². The average Bonchev–Trinajstić information content (AvgIpc) is 2.48. The van der Waals surface area contributed by atoms with Crippen molar-refractivity contribution in [3.05, 3.63) is 0 Å². The molecular weight excluding hydrogens is 260 g/mol. The largest absolute Gasteiger partial charge is 0.384 e. The number of rotatable bonds is 7. The number of piperidine rings is 1. The highest BCUT2D eigenvalue weighted by atomic mass is 16.5. The Bertz CT molecular complexity index is 289. The number of nitrogens with zero attached hydrogens (tertiary/aromatic N) is 1. The second-order valence-corrected chi connectivity index (χ2v) is 7.66. The van der Waals surface area contributed by atoms with Crippen molar-refractivity contribution >= 4 is 0 Å². The van der Waals surface area contributed by atoms with Gasteiger partial charge in [-0.1, -0.05) is 26.7 Å². The minimum Gasteiger partial charge on any atom is -0.384 e. The van der Waals surface area contributed by atoms with Crippen LogP contribution in [0.3, 0.4) is 0 Å². The van der Waals surface area contributed by atoms with Gasteiger partial charge in [-0.25, -0.2) is 0 Å². The quantitative estimate of drug-likeness (QED) is 0.781. The number of likely N-dealkylation sites (tertiary alicyclic amines) is 1. The number of hydrogen-bond donors (Lipinski definition) is 1. The zero-order chi connectivity index (χ0) is 15.1. The van der Waals surface area contributed by atoms with Crippen LogP contribution in [-0.4, -0.2) is 51.3 Å². The van der Waals surface area contributed by atoms with Crippen molar-refractivity contribution < 1.29 is 4.74 Å². The first-order valence-corrected chi connectivity index (χ1v) is 9.09. The molecule has 1 saturated heterocycles. The van der Waals surface area contributed by atoms with Crippen LogP contribution >= 0.6 is 0 Å². The molecule has 3 heteroatoms. The van der Waals surface area contributed by atoms with Gasteiger partial charge in [0.2, 0.25) is 0 Å². The number of hydrogen-bond acceptors (Lipinski definition) is 3. The lowest BCUT2D eigenvalue weighted by Gasteiger charge is -2.45. The van der Waals surface area contributed by atoms with E-state index >= 15 is 0 Å². The van der Waals surface area contributed by atoms with Crippen molar-refractivity contribution in [3.63, 3.8) is 0 Å². The van der Waals surface area contributed by atoms with E-state index < -0.39 is 0 Å². The van der Waals surface area contributed by atoms with E-state index in [1.165, 1.54) is 64.7 Å². The van der Waals surface area contributed by atoms with E-state index in [0.29, 0.717) is 5.41 Å². The Morgan fingerprint density at radius 2 is 2.00 bits per heavy atom. The minimum absolute atomic E-state index is 0.530. The zero-order valence-corrected chi connectivity index (χ0v) is 14.5. The molecule has 3 nitrogen and oxygen atoms in total. The summed E-state index contributed by atoms with van der Waals surface area (Å²) in [7, 11) is 1.83. The fourth-order valence-corrected chi connectivity index (χ4v) is 4.54. The highest BCUT2D eigenvalue weighted by molar-refractivity contribution is 4.90. The normalized spacial score (nSPS) is 32.4.